The second kappa shape index (κ2) is 7.65. The van der Waals surface area contributed by atoms with Gasteiger partial charge in [-0.15, -0.1) is 0 Å². The van der Waals surface area contributed by atoms with Crippen LogP contribution in [0.25, 0.3) is 0 Å². The van der Waals surface area contributed by atoms with Gasteiger partial charge in [-0.3, -0.25) is 0 Å². The maximum atomic E-state index is 11.6. The van der Waals surface area contributed by atoms with Gasteiger partial charge in [-0.25, -0.2) is 4.79 Å². The molecule has 0 aliphatic carbocycles. The molecule has 5 nitrogen and oxygen atoms in total. The van der Waals surface area contributed by atoms with Gasteiger partial charge in [-0.05, 0) is 45.4 Å². The number of carbonyl (C=O) groups excluding carboxylic acids is 1. The number of hydrogen-bond donors (Lipinski definition) is 2. The highest BCUT2D eigenvalue weighted by molar-refractivity contribution is 5.68. The molecular formula is C16H23N3O2. The van der Waals surface area contributed by atoms with E-state index in [-0.39, 0.29) is 6.04 Å². The molecule has 1 aromatic rings. The van der Waals surface area contributed by atoms with Gasteiger partial charge in [0, 0.05) is 19.1 Å². The molecule has 5 heteroatoms. The van der Waals surface area contributed by atoms with E-state index in [1.54, 1.807) is 6.07 Å². The lowest BCUT2D eigenvalue weighted by molar-refractivity contribution is 0.0508. The summed E-state index contributed by atoms with van der Waals surface area (Å²) in [7, 11) is 0. The number of hydrogen-bond acceptors (Lipinski definition) is 4. The zero-order valence-electron chi connectivity index (χ0n) is 13.1. The minimum absolute atomic E-state index is 0.0426. The van der Waals surface area contributed by atoms with Crippen LogP contribution in [0.5, 0.6) is 0 Å². The Bertz CT molecular complexity index is 515. The summed E-state index contributed by atoms with van der Waals surface area (Å²) < 4.78 is 5.19. The Hall–Kier alpha value is -2.06. The van der Waals surface area contributed by atoms with Gasteiger partial charge >= 0.3 is 6.09 Å². The molecule has 21 heavy (non-hydrogen) atoms. The van der Waals surface area contributed by atoms with Crippen molar-refractivity contribution in [3.05, 3.63) is 35.4 Å². The lowest BCUT2D eigenvalue weighted by atomic mass is 10.1. The van der Waals surface area contributed by atoms with E-state index in [1.165, 1.54) is 0 Å². The molecule has 0 aliphatic rings. The van der Waals surface area contributed by atoms with Crippen LogP contribution in [0.4, 0.5) is 4.79 Å². The number of rotatable bonds is 5. The first kappa shape index (κ1) is 17.0. The normalized spacial score (nSPS) is 12.3. The minimum atomic E-state index is -0.491. The van der Waals surface area contributed by atoms with Gasteiger partial charge in [-0.2, -0.15) is 5.26 Å². The molecule has 1 atom stereocenters. The van der Waals surface area contributed by atoms with Crippen molar-refractivity contribution in [2.45, 2.75) is 45.9 Å². The SMILES string of the molecule is CC(CNCc1cccc(C#N)c1)NC(=O)OC(C)(C)C. The molecular weight excluding hydrogens is 266 g/mol. The van der Waals surface area contributed by atoms with E-state index >= 15 is 0 Å². The van der Waals surface area contributed by atoms with E-state index in [4.69, 9.17) is 10.00 Å². The molecule has 1 rings (SSSR count). The van der Waals surface area contributed by atoms with Crippen molar-refractivity contribution in [1.29, 1.82) is 5.26 Å². The van der Waals surface area contributed by atoms with Crippen molar-refractivity contribution < 1.29 is 9.53 Å². The van der Waals surface area contributed by atoms with Gasteiger partial charge in [0.05, 0.1) is 11.6 Å². The van der Waals surface area contributed by atoms with Crippen molar-refractivity contribution in [3.8, 4) is 6.07 Å². The number of ether oxygens (including phenoxy) is 1. The standard InChI is InChI=1S/C16H23N3O2/c1-12(19-15(20)21-16(2,3)4)10-18-11-14-7-5-6-13(8-14)9-17/h5-8,12,18H,10-11H2,1-4H3,(H,19,20). The Morgan fingerprint density at radius 2 is 2.14 bits per heavy atom. The highest BCUT2D eigenvalue weighted by atomic mass is 16.6. The summed E-state index contributed by atoms with van der Waals surface area (Å²) in [4.78, 5) is 11.6. The van der Waals surface area contributed by atoms with Crippen LogP contribution in [0.2, 0.25) is 0 Å². The van der Waals surface area contributed by atoms with Crippen LogP contribution in [0.15, 0.2) is 24.3 Å². The number of amides is 1. The minimum Gasteiger partial charge on any atom is -0.444 e. The number of nitrogens with one attached hydrogen (secondary N) is 2. The number of carbonyl (C=O) groups is 1. The molecule has 0 aromatic heterocycles. The first-order chi connectivity index (χ1) is 9.80. The average Bonchev–Trinajstić information content (AvgIpc) is 2.36. The molecule has 1 unspecified atom stereocenters. The van der Waals surface area contributed by atoms with Crippen molar-refractivity contribution in [2.24, 2.45) is 0 Å². The van der Waals surface area contributed by atoms with Crippen molar-refractivity contribution in [2.75, 3.05) is 6.54 Å². The van der Waals surface area contributed by atoms with Crippen molar-refractivity contribution >= 4 is 6.09 Å². The first-order valence-corrected chi connectivity index (χ1v) is 6.99. The lowest BCUT2D eigenvalue weighted by Crippen LogP contribution is -2.42. The molecule has 2 N–H and O–H groups in total. The maximum absolute atomic E-state index is 11.6. The maximum Gasteiger partial charge on any atom is 0.407 e. The van der Waals surface area contributed by atoms with Crippen LogP contribution in [-0.4, -0.2) is 24.3 Å². The molecule has 0 aliphatic heterocycles. The Morgan fingerprint density at radius 1 is 1.43 bits per heavy atom. The van der Waals surface area contributed by atoms with Crippen LogP contribution in [-0.2, 0) is 11.3 Å². The molecule has 1 amide bonds. The van der Waals surface area contributed by atoms with E-state index in [0.29, 0.717) is 18.7 Å². The summed E-state index contributed by atoms with van der Waals surface area (Å²) in [5, 5.41) is 14.8. The van der Waals surface area contributed by atoms with Gasteiger partial charge in [0.25, 0.3) is 0 Å². The second-order valence-electron chi connectivity index (χ2n) is 5.99. The average molecular weight is 289 g/mol. The third kappa shape index (κ3) is 7.33. The molecule has 0 spiro atoms. The van der Waals surface area contributed by atoms with E-state index in [1.807, 2.05) is 45.9 Å². The summed E-state index contributed by atoms with van der Waals surface area (Å²) in [6.45, 7) is 8.67. The van der Waals surface area contributed by atoms with Crippen LogP contribution in [0, 0.1) is 11.3 Å². The fraction of sp³-hybridized carbons (Fsp3) is 0.500. The zero-order valence-corrected chi connectivity index (χ0v) is 13.1. The molecule has 114 valence electrons. The lowest BCUT2D eigenvalue weighted by Gasteiger charge is -2.22. The molecule has 0 heterocycles. The van der Waals surface area contributed by atoms with Crippen molar-refractivity contribution in [1.82, 2.24) is 10.6 Å². The Kier molecular flexibility index (Phi) is 6.19. The fourth-order valence-corrected chi connectivity index (χ4v) is 1.74. The van der Waals surface area contributed by atoms with Crippen molar-refractivity contribution in [3.63, 3.8) is 0 Å². The predicted octanol–water partition coefficient (Wildman–Crippen LogP) is 2.56. The largest absolute Gasteiger partial charge is 0.444 e. The van der Waals surface area contributed by atoms with E-state index < -0.39 is 11.7 Å². The molecule has 0 saturated carbocycles. The predicted molar refractivity (Wildman–Crippen MR) is 81.7 cm³/mol. The van der Waals surface area contributed by atoms with Gasteiger partial charge in [-0.1, -0.05) is 12.1 Å². The van der Waals surface area contributed by atoms with E-state index in [0.717, 1.165) is 5.56 Å². The summed E-state index contributed by atoms with van der Waals surface area (Å²) >= 11 is 0. The summed E-state index contributed by atoms with van der Waals surface area (Å²) in [6, 6.07) is 9.51. The third-order valence-electron chi connectivity index (χ3n) is 2.60. The highest BCUT2D eigenvalue weighted by Crippen LogP contribution is 2.07. The Labute approximate surface area is 126 Å². The highest BCUT2D eigenvalue weighted by Gasteiger charge is 2.17. The molecule has 1 aromatic carbocycles. The van der Waals surface area contributed by atoms with Crippen LogP contribution in [0.1, 0.15) is 38.8 Å². The zero-order chi connectivity index (χ0) is 15.9. The third-order valence-corrected chi connectivity index (χ3v) is 2.60. The van der Waals surface area contributed by atoms with Crippen LogP contribution >= 0.6 is 0 Å². The Balaban J connectivity index is 2.32. The fourth-order valence-electron chi connectivity index (χ4n) is 1.74. The van der Waals surface area contributed by atoms with Gasteiger partial charge < -0.3 is 15.4 Å². The Morgan fingerprint density at radius 3 is 2.76 bits per heavy atom. The van der Waals surface area contributed by atoms with Gasteiger partial charge in [0.15, 0.2) is 0 Å². The number of nitrogens with zero attached hydrogens (tertiary/aromatic N) is 1. The van der Waals surface area contributed by atoms with Gasteiger partial charge in [0.1, 0.15) is 5.60 Å². The molecule has 0 saturated heterocycles. The number of alkyl carbamates (subject to hydrolysis) is 1. The van der Waals surface area contributed by atoms with Gasteiger partial charge in [0.2, 0.25) is 0 Å². The second-order valence-corrected chi connectivity index (χ2v) is 5.99. The summed E-state index contributed by atoms with van der Waals surface area (Å²) in [5.41, 5.74) is 1.20. The quantitative estimate of drug-likeness (QED) is 0.873. The monoisotopic (exact) mass is 289 g/mol. The smallest absolute Gasteiger partial charge is 0.407 e. The van der Waals surface area contributed by atoms with E-state index in [2.05, 4.69) is 16.7 Å². The number of benzene rings is 1. The van der Waals surface area contributed by atoms with E-state index in [9.17, 15) is 4.79 Å². The molecule has 0 radical (unpaired) electrons. The molecule has 0 fully saturated rings. The number of nitriles is 1. The summed E-state index contributed by atoms with van der Waals surface area (Å²) in [5.74, 6) is 0. The molecule has 0 bridgehead atoms. The first-order valence-electron chi connectivity index (χ1n) is 6.99. The van der Waals surface area contributed by atoms with Crippen LogP contribution in [0.3, 0.4) is 0 Å². The topological polar surface area (TPSA) is 74.2 Å². The van der Waals surface area contributed by atoms with Crippen LogP contribution < -0.4 is 10.6 Å². The summed E-state index contributed by atoms with van der Waals surface area (Å²) in [6.07, 6.45) is -0.414.